The van der Waals surface area contributed by atoms with E-state index in [1.54, 1.807) is 44.4 Å². The van der Waals surface area contributed by atoms with E-state index < -0.39 is 0 Å². The lowest BCUT2D eigenvalue weighted by molar-refractivity contribution is -0.114. The fraction of sp³-hybridized carbons (Fsp3) is 0.244. The zero-order valence-electron chi connectivity index (χ0n) is 32.0. The number of nitrogens with zero attached hydrogens (tertiary/aromatic N) is 3. The molecule has 1 amide bonds. The van der Waals surface area contributed by atoms with Crippen molar-refractivity contribution in [3.8, 4) is 28.6 Å². The molecule has 0 aliphatic rings. The van der Waals surface area contributed by atoms with Gasteiger partial charge in [0.2, 0.25) is 11.9 Å². The van der Waals surface area contributed by atoms with E-state index in [9.17, 15) is 9.90 Å². The van der Waals surface area contributed by atoms with Crippen LogP contribution in [0.5, 0.6) is 11.5 Å². The van der Waals surface area contributed by atoms with Gasteiger partial charge < -0.3 is 42.4 Å². The van der Waals surface area contributed by atoms with E-state index in [2.05, 4.69) is 25.3 Å². The standard InChI is InChI=1S/C18H20N6O.C11H11NO.C8H11NO.C2H6O.C2H6/c1-12(25)23-14-5-3-13(4-6-14)16-11-24(17(20)15(16)7-8-19)18-21-9-2-10-22-18;1-7-6-8-4-2-3-5-9(8)10(12)11(7)13;1-9-7-3-5-8(10-2)6-4-7;1-3-2;1-2/h2-6,9-11H,7-8,19-20H2,1H3,(H,23,25);2-6,13H,12H2,1H3;3-6,9H,1-2H3;1-2H3;1-2H3. The summed E-state index contributed by atoms with van der Waals surface area (Å²) in [6, 6.07) is 26.8. The maximum atomic E-state index is 11.2. The number of benzene rings is 4. The Morgan fingerprint density at radius 1 is 0.887 bits per heavy atom. The van der Waals surface area contributed by atoms with E-state index in [0.717, 1.165) is 50.2 Å². The molecule has 0 unspecified atom stereocenters. The summed E-state index contributed by atoms with van der Waals surface area (Å²) < 4.78 is 11.0. The predicted molar refractivity (Wildman–Crippen MR) is 220 cm³/mol. The van der Waals surface area contributed by atoms with Gasteiger partial charge in [0, 0.05) is 74.7 Å². The Morgan fingerprint density at radius 3 is 2.02 bits per heavy atom. The Labute approximate surface area is 313 Å². The number of nitrogens with one attached hydrogen (secondary N) is 2. The van der Waals surface area contributed by atoms with Gasteiger partial charge in [-0.15, -0.1) is 0 Å². The molecule has 6 aromatic rings. The Bertz CT molecular complexity index is 1940. The first-order valence-corrected chi connectivity index (χ1v) is 17.1. The number of hydrogen-bond donors (Lipinski definition) is 6. The van der Waals surface area contributed by atoms with Crippen LogP contribution in [0.2, 0.25) is 0 Å². The lowest BCUT2D eigenvalue weighted by Crippen LogP contribution is -2.08. The van der Waals surface area contributed by atoms with Gasteiger partial charge in [0.25, 0.3) is 0 Å². The molecule has 9 N–H and O–H groups in total. The second-order valence-electron chi connectivity index (χ2n) is 11.2. The summed E-state index contributed by atoms with van der Waals surface area (Å²) in [6.07, 6.45) is 5.91. The average Bonchev–Trinajstić information content (AvgIpc) is 3.51. The zero-order chi connectivity index (χ0) is 39.3. The van der Waals surface area contributed by atoms with Crippen molar-refractivity contribution in [2.75, 3.05) is 57.0 Å². The number of amides is 1. The number of aromatic hydroxyl groups is 1. The van der Waals surface area contributed by atoms with E-state index in [1.807, 2.05) is 113 Å². The van der Waals surface area contributed by atoms with Gasteiger partial charge in [0.1, 0.15) is 17.3 Å². The Balaban J connectivity index is 0.000000289. The Hall–Kier alpha value is -6.11. The lowest BCUT2D eigenvalue weighted by Gasteiger charge is -2.06. The van der Waals surface area contributed by atoms with Crippen LogP contribution in [-0.4, -0.2) is 60.5 Å². The van der Waals surface area contributed by atoms with Crippen LogP contribution < -0.4 is 32.6 Å². The van der Waals surface area contributed by atoms with E-state index in [4.69, 9.17) is 21.9 Å². The fourth-order valence-electron chi connectivity index (χ4n) is 5.00. The number of hydrogen-bond acceptors (Lipinski definition) is 10. The molecule has 12 heteroatoms. The fourth-order valence-corrected chi connectivity index (χ4v) is 5.00. The minimum atomic E-state index is -0.104. The highest BCUT2D eigenvalue weighted by Crippen LogP contribution is 2.33. The summed E-state index contributed by atoms with van der Waals surface area (Å²) in [5, 5.41) is 17.3. The molecule has 0 spiro atoms. The van der Waals surface area contributed by atoms with E-state index in [0.29, 0.717) is 30.4 Å². The summed E-state index contributed by atoms with van der Waals surface area (Å²) in [4.78, 5) is 19.7. The number of ether oxygens (including phenoxy) is 2. The number of aryl methyl sites for hydroxylation is 1. The van der Waals surface area contributed by atoms with Gasteiger partial charge in [0.05, 0.1) is 12.8 Å². The van der Waals surface area contributed by atoms with Crippen molar-refractivity contribution in [1.82, 2.24) is 14.5 Å². The number of carbonyl (C=O) groups is 1. The summed E-state index contributed by atoms with van der Waals surface area (Å²) in [5.74, 6) is 2.07. The van der Waals surface area contributed by atoms with Crippen LogP contribution in [0, 0.1) is 6.92 Å². The van der Waals surface area contributed by atoms with Crippen molar-refractivity contribution in [2.45, 2.75) is 34.1 Å². The van der Waals surface area contributed by atoms with Crippen LogP contribution in [0.4, 0.5) is 22.9 Å². The molecular formula is C41H54N8O4. The van der Waals surface area contributed by atoms with Gasteiger partial charge in [-0.25, -0.2) is 9.97 Å². The maximum absolute atomic E-state index is 11.2. The minimum Gasteiger partial charge on any atom is -0.505 e. The SMILES string of the molecule is CC.CC(=O)Nc1ccc(-c2cn(-c3ncccn3)c(N)c2CCN)cc1.CNc1ccc(OC)cc1.COC.Cc1cc2ccccc2c(N)c1O. The number of methoxy groups -OCH3 is 2. The maximum Gasteiger partial charge on any atom is 0.235 e. The molecule has 0 saturated carbocycles. The molecule has 4 aromatic carbocycles. The molecule has 0 radical (unpaired) electrons. The topological polar surface area (TPSA) is 189 Å². The summed E-state index contributed by atoms with van der Waals surface area (Å²) in [5.41, 5.74) is 23.9. The van der Waals surface area contributed by atoms with Gasteiger partial charge in [-0.3, -0.25) is 9.36 Å². The van der Waals surface area contributed by atoms with Crippen molar-refractivity contribution >= 4 is 39.6 Å². The number of phenolic OH excluding ortho intramolecular Hbond substituents is 1. The average molecular weight is 723 g/mol. The summed E-state index contributed by atoms with van der Waals surface area (Å²) in [7, 11) is 6.80. The number of phenols is 1. The zero-order valence-corrected chi connectivity index (χ0v) is 32.0. The molecule has 0 fully saturated rings. The smallest absolute Gasteiger partial charge is 0.235 e. The third-order valence-electron chi connectivity index (χ3n) is 7.46. The first-order valence-electron chi connectivity index (χ1n) is 17.1. The first kappa shape index (κ1) is 43.1. The highest BCUT2D eigenvalue weighted by molar-refractivity contribution is 5.96. The third-order valence-corrected chi connectivity index (χ3v) is 7.46. The number of anilines is 4. The normalized spacial score (nSPS) is 9.75. The monoisotopic (exact) mass is 722 g/mol. The van der Waals surface area contributed by atoms with Gasteiger partial charge in [-0.05, 0) is 84.9 Å². The van der Waals surface area contributed by atoms with Crippen LogP contribution in [-0.2, 0) is 16.0 Å². The molecule has 2 aromatic heterocycles. The lowest BCUT2D eigenvalue weighted by atomic mass is 10.0. The first-order chi connectivity index (χ1) is 25.6. The highest BCUT2D eigenvalue weighted by Gasteiger charge is 2.17. The van der Waals surface area contributed by atoms with Crippen molar-refractivity contribution in [3.63, 3.8) is 0 Å². The molecule has 0 aliphatic carbocycles. The second kappa shape index (κ2) is 22.7. The van der Waals surface area contributed by atoms with Gasteiger partial charge in [0.15, 0.2) is 0 Å². The molecular weight excluding hydrogens is 669 g/mol. The largest absolute Gasteiger partial charge is 0.505 e. The quantitative estimate of drug-likeness (QED) is 0.0714. The number of fused-ring (bicyclic) bond motifs is 1. The van der Waals surface area contributed by atoms with Crippen LogP contribution >= 0.6 is 0 Å². The summed E-state index contributed by atoms with van der Waals surface area (Å²) >= 11 is 0. The number of nitrogen functional groups attached to an aromatic ring is 2. The van der Waals surface area contributed by atoms with E-state index in [1.165, 1.54) is 6.92 Å². The molecule has 282 valence electrons. The van der Waals surface area contributed by atoms with Gasteiger partial charge >= 0.3 is 0 Å². The molecule has 0 atom stereocenters. The number of nitrogens with two attached hydrogens (primary N) is 3. The Morgan fingerprint density at radius 2 is 1.47 bits per heavy atom. The number of rotatable bonds is 7. The van der Waals surface area contributed by atoms with Crippen molar-refractivity contribution in [3.05, 3.63) is 115 Å². The van der Waals surface area contributed by atoms with Crippen molar-refractivity contribution in [2.24, 2.45) is 5.73 Å². The molecule has 53 heavy (non-hydrogen) atoms. The third kappa shape index (κ3) is 12.6. The molecule has 12 nitrogen and oxygen atoms in total. The highest BCUT2D eigenvalue weighted by atomic mass is 16.5. The van der Waals surface area contributed by atoms with Crippen LogP contribution in [0.3, 0.4) is 0 Å². The second-order valence-corrected chi connectivity index (χ2v) is 11.2. The van der Waals surface area contributed by atoms with Gasteiger partial charge in [-0.2, -0.15) is 0 Å². The van der Waals surface area contributed by atoms with Crippen LogP contribution in [0.25, 0.3) is 27.8 Å². The Kier molecular flexibility index (Phi) is 18.4. The predicted octanol–water partition coefficient (Wildman–Crippen LogP) is 7.44. The van der Waals surface area contributed by atoms with Crippen molar-refractivity contribution in [1.29, 1.82) is 0 Å². The number of carbonyl (C=O) groups excluding carboxylic acids is 1. The molecule has 0 saturated heterocycles. The molecule has 0 aliphatic heterocycles. The van der Waals surface area contributed by atoms with E-state index >= 15 is 0 Å². The van der Waals surface area contributed by atoms with Crippen LogP contribution in [0.15, 0.2) is 104 Å². The molecule has 0 bridgehead atoms. The van der Waals surface area contributed by atoms with E-state index in [-0.39, 0.29) is 11.7 Å². The summed E-state index contributed by atoms with van der Waals surface area (Å²) in [6.45, 7) is 7.81. The number of aromatic nitrogens is 3. The van der Waals surface area contributed by atoms with Crippen molar-refractivity contribution < 1.29 is 19.4 Å². The minimum absolute atomic E-state index is 0.104. The van der Waals surface area contributed by atoms with Gasteiger partial charge in [-0.1, -0.05) is 50.2 Å². The van der Waals surface area contributed by atoms with Crippen LogP contribution in [0.1, 0.15) is 31.9 Å². The molecule has 6 rings (SSSR count). The molecule has 2 heterocycles.